The smallest absolute Gasteiger partial charge is 0.266 e. The summed E-state index contributed by atoms with van der Waals surface area (Å²) in [7, 11) is -4.68. The zero-order valence-corrected chi connectivity index (χ0v) is 22.8. The molecule has 0 aliphatic carbocycles. The van der Waals surface area contributed by atoms with E-state index in [4.69, 9.17) is 21.1 Å². The Kier molecular flexibility index (Phi) is 8.01. The molecule has 2 amide bonds. The van der Waals surface area contributed by atoms with Crippen molar-refractivity contribution in [1.29, 1.82) is 0 Å². The maximum Gasteiger partial charge on any atom is 0.266 e. The Morgan fingerprint density at radius 1 is 1.15 bits per heavy atom. The minimum Gasteiger partial charge on any atom is -0.451 e. The largest absolute Gasteiger partial charge is 0.451 e. The summed E-state index contributed by atoms with van der Waals surface area (Å²) >= 11 is 5.82. The molecule has 2 bridgehead atoms. The van der Waals surface area contributed by atoms with Gasteiger partial charge >= 0.3 is 0 Å². The number of halogens is 3. The topological polar surface area (TPSA) is 129 Å². The molecule has 3 fully saturated rings. The number of nitrogens with zero attached hydrogens (tertiary/aromatic N) is 3. The fraction of sp³-hybridized carbons (Fsp3) is 0.440. The monoisotopic (exact) mass is 600 g/mol. The first-order valence-electron chi connectivity index (χ1n) is 12.5. The summed E-state index contributed by atoms with van der Waals surface area (Å²) in [5, 5.41) is 9.91. The Balaban J connectivity index is 1.43. The standard InChI is InChI=1S/C25H27ClF2N4O7S/c26-16-1-3-18(4-2-16)39-23-20(27)11-19(12-21(23)28)40(36,37)32-17-5-6-25(32,24(34)29-35)15-31(13-17)22(33)14-30-7-9-38-10-8-30/h1-4,11-12,17,35H,5-10,13-15H2,(H,29,34). The van der Waals surface area contributed by atoms with Crippen LogP contribution in [-0.2, 0) is 24.3 Å². The number of carbonyl (C=O) groups is 2. The van der Waals surface area contributed by atoms with Gasteiger partial charge in [-0.25, -0.2) is 22.7 Å². The molecule has 2 N–H and O–H groups in total. The molecule has 3 saturated heterocycles. The van der Waals surface area contributed by atoms with Crippen molar-refractivity contribution in [3.8, 4) is 11.5 Å². The molecule has 2 atom stereocenters. The lowest BCUT2D eigenvalue weighted by Crippen LogP contribution is -2.69. The Labute approximate surface area is 234 Å². The summed E-state index contributed by atoms with van der Waals surface area (Å²) in [6.45, 7) is 1.78. The van der Waals surface area contributed by atoms with Crippen molar-refractivity contribution >= 4 is 33.4 Å². The molecule has 3 aliphatic rings. The van der Waals surface area contributed by atoms with Crippen molar-refractivity contribution in [2.45, 2.75) is 29.3 Å². The number of hydrogen-bond donors (Lipinski definition) is 2. The molecule has 2 aromatic rings. The zero-order chi connectivity index (χ0) is 28.7. The lowest BCUT2D eigenvalue weighted by Gasteiger charge is -2.46. The number of rotatable bonds is 7. The summed E-state index contributed by atoms with van der Waals surface area (Å²) in [6, 6.07) is 6.06. The molecule has 0 saturated carbocycles. The third kappa shape index (κ3) is 5.27. The second-order valence-corrected chi connectivity index (χ2v) is 12.2. The first-order chi connectivity index (χ1) is 19.0. The third-order valence-electron chi connectivity index (χ3n) is 7.43. The number of amides is 2. The first kappa shape index (κ1) is 28.6. The van der Waals surface area contributed by atoms with E-state index in [1.54, 1.807) is 0 Å². The molecule has 0 spiro atoms. The van der Waals surface area contributed by atoms with E-state index in [9.17, 15) is 23.2 Å². The molecular formula is C25H27ClF2N4O7S. The van der Waals surface area contributed by atoms with Crippen LogP contribution < -0.4 is 10.2 Å². The van der Waals surface area contributed by atoms with E-state index in [0.29, 0.717) is 43.5 Å². The maximum atomic E-state index is 15.0. The molecule has 5 rings (SSSR count). The quantitative estimate of drug-likeness (QED) is 0.365. The van der Waals surface area contributed by atoms with Gasteiger partial charge in [-0.2, -0.15) is 4.31 Å². The van der Waals surface area contributed by atoms with E-state index in [-0.39, 0.29) is 44.1 Å². The van der Waals surface area contributed by atoms with Crippen LogP contribution in [0.25, 0.3) is 0 Å². The van der Waals surface area contributed by atoms with Crippen molar-refractivity contribution in [2.75, 3.05) is 45.9 Å². The molecule has 40 heavy (non-hydrogen) atoms. The van der Waals surface area contributed by atoms with E-state index >= 15 is 8.78 Å². The number of carbonyl (C=O) groups excluding carboxylic acids is 2. The highest BCUT2D eigenvalue weighted by Gasteiger charge is 2.61. The van der Waals surface area contributed by atoms with Crippen LogP contribution in [0.15, 0.2) is 41.3 Å². The Hall–Kier alpha value is -2.88. The molecule has 2 unspecified atom stereocenters. The highest BCUT2D eigenvalue weighted by molar-refractivity contribution is 7.89. The zero-order valence-electron chi connectivity index (χ0n) is 21.2. The van der Waals surface area contributed by atoms with Crippen molar-refractivity contribution in [3.63, 3.8) is 0 Å². The lowest BCUT2D eigenvalue weighted by atomic mass is 9.95. The number of sulfonamides is 1. The van der Waals surface area contributed by atoms with Crippen LogP contribution in [0.3, 0.4) is 0 Å². The van der Waals surface area contributed by atoms with Crippen molar-refractivity contribution < 1.29 is 41.5 Å². The van der Waals surface area contributed by atoms with Crippen LogP contribution in [0.2, 0.25) is 5.02 Å². The highest BCUT2D eigenvalue weighted by Crippen LogP contribution is 2.44. The van der Waals surface area contributed by atoms with E-state index in [1.807, 2.05) is 4.90 Å². The first-order valence-corrected chi connectivity index (χ1v) is 14.4. The lowest BCUT2D eigenvalue weighted by molar-refractivity contribution is -0.147. The van der Waals surface area contributed by atoms with Gasteiger partial charge in [0.05, 0.1) is 24.7 Å². The number of ether oxygens (including phenoxy) is 2. The fourth-order valence-electron chi connectivity index (χ4n) is 5.50. The van der Waals surface area contributed by atoms with E-state index in [1.165, 1.54) is 34.6 Å². The molecule has 3 heterocycles. The van der Waals surface area contributed by atoms with Crippen molar-refractivity contribution in [2.24, 2.45) is 0 Å². The number of fused-ring (bicyclic) bond motifs is 2. The summed E-state index contributed by atoms with van der Waals surface area (Å²) in [5.74, 6) is -4.63. The van der Waals surface area contributed by atoms with Gasteiger partial charge in [0.25, 0.3) is 5.91 Å². The SMILES string of the molecule is O=C(CN1CCOCC1)N1CC2CCC(C(=O)NO)(C1)N2S(=O)(=O)c1cc(F)c(Oc2ccc(Cl)cc2)c(F)c1. The van der Waals surface area contributed by atoms with Gasteiger partial charge in [0.1, 0.15) is 11.3 Å². The Bertz CT molecular complexity index is 1390. The number of hydrogen-bond acceptors (Lipinski definition) is 8. The number of nitrogens with one attached hydrogen (secondary N) is 1. The number of hydroxylamine groups is 1. The van der Waals surface area contributed by atoms with Crippen molar-refractivity contribution in [1.82, 2.24) is 19.6 Å². The van der Waals surface area contributed by atoms with Gasteiger partial charge < -0.3 is 14.4 Å². The van der Waals surface area contributed by atoms with E-state index in [2.05, 4.69) is 0 Å². The second-order valence-electron chi connectivity index (χ2n) is 9.90. The molecular weight excluding hydrogens is 574 g/mol. The molecule has 216 valence electrons. The van der Waals surface area contributed by atoms with E-state index in [0.717, 1.165) is 4.31 Å². The van der Waals surface area contributed by atoms with Crippen molar-refractivity contribution in [3.05, 3.63) is 53.1 Å². The maximum absolute atomic E-state index is 15.0. The number of benzene rings is 2. The van der Waals surface area contributed by atoms with Crippen LogP contribution in [0.4, 0.5) is 8.78 Å². The molecule has 3 aliphatic heterocycles. The van der Waals surface area contributed by atoms with Crippen LogP contribution in [0.5, 0.6) is 11.5 Å². The van der Waals surface area contributed by atoms with Gasteiger partial charge in [0.2, 0.25) is 15.9 Å². The summed E-state index contributed by atoms with van der Waals surface area (Å²) in [4.78, 5) is 28.7. The normalized spacial score (nSPS) is 23.7. The fourth-order valence-corrected chi connectivity index (χ4v) is 7.62. The minimum atomic E-state index is -4.68. The summed E-state index contributed by atoms with van der Waals surface area (Å²) in [6.07, 6.45) is 0.185. The van der Waals surface area contributed by atoms with E-state index < -0.39 is 49.8 Å². The van der Waals surface area contributed by atoms with Crippen LogP contribution in [0, 0.1) is 11.6 Å². The summed E-state index contributed by atoms with van der Waals surface area (Å²) < 4.78 is 69.2. The van der Waals surface area contributed by atoms with Crippen LogP contribution in [0.1, 0.15) is 12.8 Å². The highest BCUT2D eigenvalue weighted by atomic mass is 35.5. The predicted molar refractivity (Wildman–Crippen MR) is 136 cm³/mol. The van der Waals surface area contributed by atoms with Crippen LogP contribution in [-0.4, -0.2) is 97.1 Å². The van der Waals surface area contributed by atoms with Gasteiger partial charge in [-0.1, -0.05) is 11.6 Å². The molecule has 0 aromatic heterocycles. The number of morpholine rings is 1. The predicted octanol–water partition coefficient (Wildman–Crippen LogP) is 1.98. The molecule has 2 aromatic carbocycles. The average Bonchev–Trinajstić information content (AvgIpc) is 3.19. The van der Waals surface area contributed by atoms with Gasteiger partial charge in [-0.3, -0.25) is 19.7 Å². The van der Waals surface area contributed by atoms with Gasteiger partial charge in [0, 0.05) is 37.2 Å². The average molecular weight is 601 g/mol. The van der Waals surface area contributed by atoms with Crippen LogP contribution >= 0.6 is 11.6 Å². The van der Waals surface area contributed by atoms with Gasteiger partial charge in [-0.05, 0) is 49.2 Å². The molecule has 11 nitrogen and oxygen atoms in total. The Morgan fingerprint density at radius 3 is 2.42 bits per heavy atom. The third-order valence-corrected chi connectivity index (χ3v) is 9.68. The summed E-state index contributed by atoms with van der Waals surface area (Å²) in [5.41, 5.74) is -0.349. The Morgan fingerprint density at radius 2 is 1.80 bits per heavy atom. The number of likely N-dealkylation sites (tertiary alicyclic amines) is 1. The van der Waals surface area contributed by atoms with Gasteiger partial charge in [-0.15, -0.1) is 0 Å². The second kappa shape index (κ2) is 11.2. The number of piperazine rings is 1. The molecule has 0 radical (unpaired) electrons. The van der Waals surface area contributed by atoms with Gasteiger partial charge in [0.15, 0.2) is 17.4 Å². The minimum absolute atomic E-state index is 0.00660. The molecule has 15 heteroatoms.